The number of hydrogen-bond donors (Lipinski definition) is 2. The molecule has 1 aliphatic heterocycles. The van der Waals surface area contributed by atoms with Crippen molar-refractivity contribution in [2.75, 3.05) is 26.7 Å². The van der Waals surface area contributed by atoms with Gasteiger partial charge < -0.3 is 19.9 Å². The maximum absolute atomic E-state index is 5.24. The van der Waals surface area contributed by atoms with Crippen molar-refractivity contribution in [2.24, 2.45) is 12.0 Å². The highest BCUT2D eigenvalue weighted by atomic mass is 127. The third kappa shape index (κ3) is 7.49. The number of aromatic nitrogens is 3. The maximum atomic E-state index is 5.24. The number of nitrogens with zero attached hydrogens (tertiary/aromatic N) is 5. The fourth-order valence-electron chi connectivity index (χ4n) is 3.46. The molecule has 1 fully saturated rings. The SMILES string of the molecule is C=CCN1CCC(NC(=NCc2ccc(OC)cc2)NCc2nnc(C)n2C)CC1.I. The van der Waals surface area contributed by atoms with Gasteiger partial charge in [0, 0.05) is 32.7 Å². The molecular weight excluding hydrogens is 505 g/mol. The predicted octanol–water partition coefficient (Wildman–Crippen LogP) is 2.64. The molecule has 0 aliphatic carbocycles. The van der Waals surface area contributed by atoms with Gasteiger partial charge in [0.2, 0.25) is 0 Å². The molecule has 1 aliphatic rings. The van der Waals surface area contributed by atoms with E-state index < -0.39 is 0 Å². The molecule has 2 aromatic rings. The molecule has 0 atom stereocenters. The normalized spacial score (nSPS) is 15.3. The lowest BCUT2D eigenvalue weighted by atomic mass is 10.1. The van der Waals surface area contributed by atoms with Gasteiger partial charge in [0.05, 0.1) is 20.2 Å². The molecule has 8 nitrogen and oxygen atoms in total. The zero-order valence-electron chi connectivity index (χ0n) is 18.7. The van der Waals surface area contributed by atoms with E-state index in [1.54, 1.807) is 7.11 Å². The molecule has 0 unspecified atom stereocenters. The topological polar surface area (TPSA) is 79.6 Å². The minimum absolute atomic E-state index is 0. The van der Waals surface area contributed by atoms with Crippen LogP contribution in [0.2, 0.25) is 0 Å². The van der Waals surface area contributed by atoms with Crippen molar-refractivity contribution in [3.63, 3.8) is 0 Å². The third-order valence-corrected chi connectivity index (χ3v) is 5.49. The van der Waals surface area contributed by atoms with Crippen molar-refractivity contribution in [3.8, 4) is 5.75 Å². The second-order valence-corrected chi connectivity index (χ2v) is 7.60. The Morgan fingerprint density at radius 1 is 1.26 bits per heavy atom. The van der Waals surface area contributed by atoms with Crippen LogP contribution in [-0.2, 0) is 20.1 Å². The summed E-state index contributed by atoms with van der Waals surface area (Å²) in [6.45, 7) is 10.0. The van der Waals surface area contributed by atoms with Crippen LogP contribution >= 0.6 is 24.0 Å². The van der Waals surface area contributed by atoms with Gasteiger partial charge in [0.25, 0.3) is 0 Å². The Labute approximate surface area is 202 Å². The number of hydrogen-bond acceptors (Lipinski definition) is 5. The van der Waals surface area contributed by atoms with Crippen LogP contribution in [0, 0.1) is 6.92 Å². The minimum Gasteiger partial charge on any atom is -0.497 e. The van der Waals surface area contributed by atoms with Crippen LogP contribution < -0.4 is 15.4 Å². The number of ether oxygens (including phenoxy) is 1. The lowest BCUT2D eigenvalue weighted by Crippen LogP contribution is -2.48. The number of guanidine groups is 1. The number of rotatable bonds is 8. The molecule has 0 saturated carbocycles. The average Bonchev–Trinajstić information content (AvgIpc) is 3.09. The zero-order chi connectivity index (χ0) is 21.3. The second-order valence-electron chi connectivity index (χ2n) is 7.60. The molecule has 2 heterocycles. The zero-order valence-corrected chi connectivity index (χ0v) is 21.0. The maximum Gasteiger partial charge on any atom is 0.192 e. The van der Waals surface area contributed by atoms with E-state index in [-0.39, 0.29) is 24.0 Å². The van der Waals surface area contributed by atoms with Gasteiger partial charge in [0.15, 0.2) is 11.8 Å². The van der Waals surface area contributed by atoms with E-state index in [4.69, 9.17) is 9.73 Å². The summed E-state index contributed by atoms with van der Waals surface area (Å²) in [6, 6.07) is 8.40. The fraction of sp³-hybridized carbons (Fsp3) is 0.500. The highest BCUT2D eigenvalue weighted by Crippen LogP contribution is 2.13. The van der Waals surface area contributed by atoms with E-state index in [1.807, 2.05) is 48.9 Å². The van der Waals surface area contributed by atoms with Crippen LogP contribution in [0.25, 0.3) is 0 Å². The summed E-state index contributed by atoms with van der Waals surface area (Å²) < 4.78 is 7.22. The number of likely N-dealkylation sites (tertiary alicyclic amines) is 1. The van der Waals surface area contributed by atoms with Crippen molar-refractivity contribution < 1.29 is 4.74 Å². The molecule has 2 N–H and O–H groups in total. The summed E-state index contributed by atoms with van der Waals surface area (Å²) in [5.41, 5.74) is 1.13. The van der Waals surface area contributed by atoms with E-state index >= 15 is 0 Å². The lowest BCUT2D eigenvalue weighted by Gasteiger charge is -2.32. The standard InChI is InChI=1S/C22H33N7O.HI/c1-5-12-29-13-10-19(11-14-29)25-22(24-16-21-27-26-17(2)28(21)3)23-15-18-6-8-20(30-4)9-7-18;/h5-9,19H,1,10-16H2,2-4H3,(H2,23,24,25);1H. The molecule has 1 aromatic carbocycles. The Kier molecular flexibility index (Phi) is 10.3. The summed E-state index contributed by atoms with van der Waals surface area (Å²) in [5.74, 6) is 3.43. The third-order valence-electron chi connectivity index (χ3n) is 5.49. The van der Waals surface area contributed by atoms with Gasteiger partial charge in [-0.25, -0.2) is 4.99 Å². The van der Waals surface area contributed by atoms with Crippen molar-refractivity contribution in [1.82, 2.24) is 30.3 Å². The Morgan fingerprint density at radius 3 is 2.55 bits per heavy atom. The van der Waals surface area contributed by atoms with E-state index in [1.165, 1.54) is 0 Å². The van der Waals surface area contributed by atoms with Crippen LogP contribution in [0.4, 0.5) is 0 Å². The van der Waals surface area contributed by atoms with Crippen molar-refractivity contribution in [3.05, 3.63) is 54.1 Å². The van der Waals surface area contributed by atoms with E-state index in [2.05, 4.69) is 32.3 Å². The molecule has 0 spiro atoms. The van der Waals surface area contributed by atoms with Gasteiger partial charge >= 0.3 is 0 Å². The van der Waals surface area contributed by atoms with Crippen LogP contribution in [0.1, 0.15) is 30.1 Å². The summed E-state index contributed by atoms with van der Waals surface area (Å²) in [5, 5.41) is 15.4. The molecule has 3 rings (SSSR count). The molecule has 9 heteroatoms. The first-order chi connectivity index (χ1) is 14.6. The molecule has 1 aromatic heterocycles. The molecule has 31 heavy (non-hydrogen) atoms. The summed E-state index contributed by atoms with van der Waals surface area (Å²) in [6.07, 6.45) is 4.14. The molecule has 1 saturated heterocycles. The molecular formula is C22H34IN7O. The smallest absolute Gasteiger partial charge is 0.192 e. The van der Waals surface area contributed by atoms with Crippen molar-refractivity contribution in [2.45, 2.75) is 38.9 Å². The van der Waals surface area contributed by atoms with Crippen LogP contribution in [-0.4, -0.2) is 58.4 Å². The quantitative estimate of drug-likeness (QED) is 0.233. The van der Waals surface area contributed by atoms with Crippen molar-refractivity contribution >= 4 is 29.9 Å². The van der Waals surface area contributed by atoms with Crippen molar-refractivity contribution in [1.29, 1.82) is 0 Å². The first-order valence-corrected chi connectivity index (χ1v) is 10.4. The summed E-state index contributed by atoms with van der Waals surface area (Å²) >= 11 is 0. The lowest BCUT2D eigenvalue weighted by molar-refractivity contribution is 0.225. The number of halogens is 1. The van der Waals surface area contributed by atoms with Gasteiger partial charge in [-0.15, -0.1) is 40.8 Å². The largest absolute Gasteiger partial charge is 0.497 e. The Balaban J connectivity index is 0.00000341. The van der Waals surface area contributed by atoms with E-state index in [9.17, 15) is 0 Å². The van der Waals surface area contributed by atoms with Crippen LogP contribution in [0.15, 0.2) is 41.9 Å². The first-order valence-electron chi connectivity index (χ1n) is 10.4. The van der Waals surface area contributed by atoms with Crippen LogP contribution in [0.3, 0.4) is 0 Å². The number of benzene rings is 1. The number of piperidine rings is 1. The van der Waals surface area contributed by atoms with E-state index in [0.717, 1.165) is 61.4 Å². The number of aryl methyl sites for hydroxylation is 1. The van der Waals surface area contributed by atoms with Gasteiger partial charge in [-0.2, -0.15) is 0 Å². The molecule has 170 valence electrons. The molecule has 0 amide bonds. The Hall–Kier alpha value is -2.14. The second kappa shape index (κ2) is 12.7. The number of nitrogens with one attached hydrogen (secondary N) is 2. The van der Waals surface area contributed by atoms with Gasteiger partial charge in [-0.1, -0.05) is 18.2 Å². The summed E-state index contributed by atoms with van der Waals surface area (Å²) in [4.78, 5) is 7.24. The highest BCUT2D eigenvalue weighted by molar-refractivity contribution is 14.0. The molecule has 0 radical (unpaired) electrons. The van der Waals surface area contributed by atoms with Gasteiger partial charge in [-0.05, 0) is 37.5 Å². The fourth-order valence-corrected chi connectivity index (χ4v) is 3.46. The van der Waals surface area contributed by atoms with Crippen LogP contribution in [0.5, 0.6) is 5.75 Å². The average molecular weight is 539 g/mol. The molecule has 0 bridgehead atoms. The van der Waals surface area contributed by atoms with Gasteiger partial charge in [-0.3, -0.25) is 4.90 Å². The van der Waals surface area contributed by atoms with Gasteiger partial charge in [0.1, 0.15) is 11.6 Å². The number of methoxy groups -OCH3 is 1. The Morgan fingerprint density at radius 2 is 1.97 bits per heavy atom. The number of aliphatic imine (C=N–C) groups is 1. The Bertz CT molecular complexity index is 842. The van der Waals surface area contributed by atoms with E-state index in [0.29, 0.717) is 19.1 Å². The predicted molar refractivity (Wildman–Crippen MR) is 135 cm³/mol. The summed E-state index contributed by atoms with van der Waals surface area (Å²) in [7, 11) is 3.65. The monoisotopic (exact) mass is 539 g/mol. The first kappa shape index (κ1) is 25.1. The minimum atomic E-state index is 0. The highest BCUT2D eigenvalue weighted by Gasteiger charge is 2.19.